The standard InChI is InChI=1S/C17H26Cl2NO5P/c18-14-3-1-11(5-15(14)19)7-20-8-13(21)10-26(24,25)9-12-2-4-16(22)17(23)6-12/h1,3,5,12-13,16-17,20-23H,2,4,6-10H2,(H,24,25)/t12?,13-,16?,17?/m1/s1. The molecule has 1 fully saturated rings. The lowest BCUT2D eigenvalue weighted by Gasteiger charge is -2.31. The monoisotopic (exact) mass is 425 g/mol. The predicted octanol–water partition coefficient (Wildman–Crippen LogP) is 2.24. The van der Waals surface area contributed by atoms with E-state index in [1.165, 1.54) is 0 Å². The highest BCUT2D eigenvalue weighted by molar-refractivity contribution is 7.58. The lowest BCUT2D eigenvalue weighted by molar-refractivity contribution is -0.0224. The van der Waals surface area contributed by atoms with Crippen molar-refractivity contribution < 1.29 is 24.8 Å². The first-order chi connectivity index (χ1) is 12.2. The molecule has 0 radical (unpaired) electrons. The van der Waals surface area contributed by atoms with Crippen molar-refractivity contribution in [2.24, 2.45) is 5.92 Å². The molecule has 0 bridgehead atoms. The third-order valence-electron chi connectivity index (χ3n) is 4.62. The zero-order chi connectivity index (χ0) is 19.3. The number of benzene rings is 1. The second-order valence-electron chi connectivity index (χ2n) is 7.06. The largest absolute Gasteiger partial charge is 0.391 e. The van der Waals surface area contributed by atoms with Crippen LogP contribution in [0.3, 0.4) is 0 Å². The molecular weight excluding hydrogens is 400 g/mol. The van der Waals surface area contributed by atoms with Gasteiger partial charge in [-0.2, -0.15) is 0 Å². The van der Waals surface area contributed by atoms with Crippen LogP contribution < -0.4 is 5.32 Å². The Hall–Kier alpha value is -0.170. The van der Waals surface area contributed by atoms with Gasteiger partial charge in [-0.1, -0.05) is 29.3 Å². The first kappa shape index (κ1) is 22.1. The van der Waals surface area contributed by atoms with E-state index < -0.39 is 25.7 Å². The zero-order valence-electron chi connectivity index (χ0n) is 14.4. The lowest BCUT2D eigenvalue weighted by Crippen LogP contribution is -2.35. The maximum atomic E-state index is 12.4. The van der Waals surface area contributed by atoms with E-state index in [1.54, 1.807) is 12.1 Å². The summed E-state index contributed by atoms with van der Waals surface area (Å²) in [6, 6.07) is 5.23. The van der Waals surface area contributed by atoms with Crippen LogP contribution in [0.2, 0.25) is 10.0 Å². The topological polar surface area (TPSA) is 110 Å². The van der Waals surface area contributed by atoms with Gasteiger partial charge in [-0.3, -0.25) is 4.57 Å². The summed E-state index contributed by atoms with van der Waals surface area (Å²) in [5.74, 6) is -0.111. The van der Waals surface area contributed by atoms with Crippen LogP contribution >= 0.6 is 30.6 Å². The van der Waals surface area contributed by atoms with Crippen LogP contribution in [0.15, 0.2) is 18.2 Å². The van der Waals surface area contributed by atoms with Crippen LogP contribution in [0.5, 0.6) is 0 Å². The molecule has 0 aromatic heterocycles. The number of aliphatic hydroxyl groups is 3. The average molecular weight is 426 g/mol. The fourth-order valence-electron chi connectivity index (χ4n) is 3.29. The number of nitrogens with one attached hydrogen (secondary N) is 1. The van der Waals surface area contributed by atoms with Gasteiger partial charge in [-0.05, 0) is 42.9 Å². The van der Waals surface area contributed by atoms with E-state index >= 15 is 0 Å². The van der Waals surface area contributed by atoms with Crippen molar-refractivity contribution in [3.05, 3.63) is 33.8 Å². The molecule has 1 aliphatic carbocycles. The highest BCUT2D eigenvalue weighted by atomic mass is 35.5. The number of halogens is 2. The summed E-state index contributed by atoms with van der Waals surface area (Å²) in [5.41, 5.74) is 0.897. The van der Waals surface area contributed by atoms with Crippen LogP contribution in [0, 0.1) is 5.92 Å². The molecular formula is C17H26Cl2NO5P. The van der Waals surface area contributed by atoms with Crippen LogP contribution in [-0.2, 0) is 11.1 Å². The van der Waals surface area contributed by atoms with Crippen LogP contribution in [0.25, 0.3) is 0 Å². The molecule has 0 spiro atoms. The Morgan fingerprint density at radius 2 is 1.92 bits per heavy atom. The van der Waals surface area contributed by atoms with Gasteiger partial charge in [-0.25, -0.2) is 0 Å². The summed E-state index contributed by atoms with van der Waals surface area (Å²) in [6.45, 7) is 0.632. The molecule has 26 heavy (non-hydrogen) atoms. The molecule has 0 heterocycles. The average Bonchev–Trinajstić information content (AvgIpc) is 2.53. The second-order valence-corrected chi connectivity index (χ2v) is 10.3. The van der Waals surface area contributed by atoms with Crippen molar-refractivity contribution in [2.45, 2.75) is 44.1 Å². The molecule has 2 rings (SSSR count). The Bertz CT molecular complexity index is 648. The summed E-state index contributed by atoms with van der Waals surface area (Å²) in [7, 11) is -3.51. The summed E-state index contributed by atoms with van der Waals surface area (Å²) in [5, 5.41) is 33.2. The van der Waals surface area contributed by atoms with Crippen molar-refractivity contribution in [3.8, 4) is 0 Å². The molecule has 6 nitrogen and oxygen atoms in total. The molecule has 5 N–H and O–H groups in total. The van der Waals surface area contributed by atoms with Gasteiger partial charge < -0.3 is 25.5 Å². The Morgan fingerprint density at radius 1 is 1.19 bits per heavy atom. The number of hydrogen-bond donors (Lipinski definition) is 5. The maximum absolute atomic E-state index is 12.4. The van der Waals surface area contributed by atoms with Gasteiger partial charge >= 0.3 is 0 Å². The molecule has 148 valence electrons. The summed E-state index contributed by atoms with van der Waals surface area (Å²) >= 11 is 11.8. The van der Waals surface area contributed by atoms with E-state index in [-0.39, 0.29) is 24.8 Å². The molecule has 1 aromatic rings. The SMILES string of the molecule is O=P(O)(CC1CCC(O)C(O)C1)C[C@H](O)CNCc1ccc(Cl)c(Cl)c1. The van der Waals surface area contributed by atoms with Gasteiger partial charge in [0.15, 0.2) is 0 Å². The quantitative estimate of drug-likeness (QED) is 0.408. The Kier molecular flexibility index (Phi) is 8.38. The third kappa shape index (κ3) is 7.10. The van der Waals surface area contributed by atoms with Crippen LogP contribution in [0.4, 0.5) is 0 Å². The molecule has 9 heteroatoms. The Balaban J connectivity index is 1.74. The van der Waals surface area contributed by atoms with E-state index in [4.69, 9.17) is 23.2 Å². The maximum Gasteiger partial charge on any atom is 0.203 e. The second kappa shape index (κ2) is 9.85. The zero-order valence-corrected chi connectivity index (χ0v) is 16.8. The first-order valence-electron chi connectivity index (χ1n) is 8.66. The lowest BCUT2D eigenvalue weighted by atomic mass is 9.87. The normalized spacial score (nSPS) is 27.1. The molecule has 0 amide bonds. The van der Waals surface area contributed by atoms with Crippen molar-refractivity contribution in [3.63, 3.8) is 0 Å². The molecule has 0 saturated heterocycles. The van der Waals surface area contributed by atoms with Crippen molar-refractivity contribution in [1.82, 2.24) is 5.32 Å². The molecule has 5 atom stereocenters. The van der Waals surface area contributed by atoms with Gasteiger partial charge in [0, 0.05) is 19.3 Å². The van der Waals surface area contributed by atoms with Gasteiger partial charge in [0.05, 0.1) is 34.5 Å². The highest BCUT2D eigenvalue weighted by Gasteiger charge is 2.33. The third-order valence-corrected chi connectivity index (χ3v) is 7.44. The van der Waals surface area contributed by atoms with E-state index in [0.29, 0.717) is 35.9 Å². The molecule has 0 aliphatic heterocycles. The van der Waals surface area contributed by atoms with E-state index in [0.717, 1.165) is 5.56 Å². The van der Waals surface area contributed by atoms with Crippen molar-refractivity contribution in [2.75, 3.05) is 18.9 Å². The fraction of sp³-hybridized carbons (Fsp3) is 0.647. The van der Waals surface area contributed by atoms with E-state index in [2.05, 4.69) is 5.32 Å². The fourth-order valence-corrected chi connectivity index (χ4v) is 5.68. The van der Waals surface area contributed by atoms with Gasteiger partial charge in [0.2, 0.25) is 7.37 Å². The number of rotatable bonds is 8. The van der Waals surface area contributed by atoms with E-state index in [9.17, 15) is 24.8 Å². The molecule has 4 unspecified atom stereocenters. The Morgan fingerprint density at radius 3 is 2.58 bits per heavy atom. The summed E-state index contributed by atoms with van der Waals surface area (Å²) < 4.78 is 12.4. The van der Waals surface area contributed by atoms with Crippen molar-refractivity contribution >= 4 is 30.6 Å². The minimum absolute atomic E-state index is 0.0562. The molecule has 1 saturated carbocycles. The van der Waals surface area contributed by atoms with E-state index in [1.807, 2.05) is 6.07 Å². The summed E-state index contributed by atoms with van der Waals surface area (Å²) in [6.07, 6.45) is -1.33. The van der Waals surface area contributed by atoms with Crippen molar-refractivity contribution in [1.29, 1.82) is 0 Å². The highest BCUT2D eigenvalue weighted by Crippen LogP contribution is 2.46. The number of aliphatic hydroxyl groups excluding tert-OH is 3. The smallest absolute Gasteiger partial charge is 0.203 e. The molecule has 1 aliphatic rings. The van der Waals surface area contributed by atoms with Gasteiger partial charge in [0.1, 0.15) is 0 Å². The number of hydrogen-bond acceptors (Lipinski definition) is 5. The van der Waals surface area contributed by atoms with Gasteiger partial charge in [-0.15, -0.1) is 0 Å². The minimum Gasteiger partial charge on any atom is -0.391 e. The van der Waals surface area contributed by atoms with Crippen LogP contribution in [-0.4, -0.2) is 57.4 Å². The minimum atomic E-state index is -3.51. The first-order valence-corrected chi connectivity index (χ1v) is 11.4. The van der Waals surface area contributed by atoms with Crippen LogP contribution in [0.1, 0.15) is 24.8 Å². The van der Waals surface area contributed by atoms with Gasteiger partial charge in [0.25, 0.3) is 0 Å². The Labute approximate surface area is 163 Å². The molecule has 1 aromatic carbocycles. The summed E-state index contributed by atoms with van der Waals surface area (Å²) in [4.78, 5) is 10.2. The predicted molar refractivity (Wildman–Crippen MR) is 103 cm³/mol.